The van der Waals surface area contributed by atoms with Crippen molar-refractivity contribution in [2.75, 3.05) is 17.7 Å². The molecule has 0 spiro atoms. The second-order valence-corrected chi connectivity index (χ2v) is 10.0. The van der Waals surface area contributed by atoms with Gasteiger partial charge in [-0.05, 0) is 67.5 Å². The van der Waals surface area contributed by atoms with Crippen molar-refractivity contribution in [3.8, 4) is 17.1 Å². The van der Waals surface area contributed by atoms with Gasteiger partial charge in [0.25, 0.3) is 5.91 Å². The number of ether oxygens (including phenoxy) is 1. The van der Waals surface area contributed by atoms with Crippen molar-refractivity contribution in [1.29, 1.82) is 0 Å². The van der Waals surface area contributed by atoms with Crippen LogP contribution in [-0.2, 0) is 26.3 Å². The number of amides is 1. The molecular formula is C28H29BrN6O2. The number of para-hydroxylation sites is 1. The minimum absolute atomic E-state index is 0.198. The zero-order chi connectivity index (χ0) is 26.1. The zero-order valence-electron chi connectivity index (χ0n) is 21.4. The maximum absolute atomic E-state index is 13.5. The molecule has 1 aliphatic rings. The van der Waals surface area contributed by atoms with Gasteiger partial charge in [0.05, 0.1) is 24.2 Å². The van der Waals surface area contributed by atoms with Crippen molar-refractivity contribution in [2.45, 2.75) is 39.5 Å². The van der Waals surface area contributed by atoms with Crippen LogP contribution in [0, 0.1) is 6.92 Å². The first kappa shape index (κ1) is 25.0. The van der Waals surface area contributed by atoms with Gasteiger partial charge in [0.1, 0.15) is 5.75 Å². The lowest BCUT2D eigenvalue weighted by Gasteiger charge is -2.13. The fourth-order valence-electron chi connectivity index (χ4n) is 4.86. The van der Waals surface area contributed by atoms with E-state index in [1.807, 2.05) is 56.6 Å². The third-order valence-corrected chi connectivity index (χ3v) is 7.20. The molecule has 0 unspecified atom stereocenters. The van der Waals surface area contributed by atoms with Gasteiger partial charge >= 0.3 is 0 Å². The number of hydrogen-bond donors (Lipinski definition) is 2. The van der Waals surface area contributed by atoms with E-state index in [-0.39, 0.29) is 5.91 Å². The van der Waals surface area contributed by atoms with Crippen LogP contribution >= 0.6 is 15.9 Å². The minimum atomic E-state index is -0.198. The second-order valence-electron chi connectivity index (χ2n) is 9.11. The van der Waals surface area contributed by atoms with Crippen molar-refractivity contribution >= 4 is 39.2 Å². The number of benzene rings is 2. The fourth-order valence-corrected chi connectivity index (χ4v) is 5.20. The number of hydrogen-bond acceptors (Lipinski definition) is 6. The van der Waals surface area contributed by atoms with Crippen LogP contribution in [0.15, 0.2) is 47.1 Å². The van der Waals surface area contributed by atoms with Crippen LogP contribution in [0.2, 0.25) is 0 Å². The van der Waals surface area contributed by atoms with Crippen LogP contribution in [0.1, 0.15) is 46.1 Å². The van der Waals surface area contributed by atoms with Gasteiger partial charge in [-0.15, -0.1) is 0 Å². The molecule has 37 heavy (non-hydrogen) atoms. The average molecular weight is 561 g/mol. The maximum Gasteiger partial charge on any atom is 0.276 e. The van der Waals surface area contributed by atoms with Crippen LogP contribution in [0.3, 0.4) is 0 Å². The van der Waals surface area contributed by atoms with Gasteiger partial charge in [0.2, 0.25) is 5.95 Å². The van der Waals surface area contributed by atoms with Crippen molar-refractivity contribution < 1.29 is 9.53 Å². The summed E-state index contributed by atoms with van der Waals surface area (Å²) in [5.74, 6) is 0.930. The molecule has 2 N–H and O–H groups in total. The number of anilines is 3. The smallest absolute Gasteiger partial charge is 0.276 e. The number of rotatable bonds is 6. The largest absolute Gasteiger partial charge is 0.495 e. The number of methoxy groups -OCH3 is 1. The van der Waals surface area contributed by atoms with Crippen LogP contribution in [-0.4, -0.2) is 32.8 Å². The Morgan fingerprint density at radius 3 is 2.84 bits per heavy atom. The lowest BCUT2D eigenvalue weighted by Crippen LogP contribution is -2.17. The number of fused-ring (bicyclic) bond motifs is 3. The molecule has 0 atom stereocenters. The molecule has 2 heterocycles. The molecule has 2 aromatic heterocycles. The summed E-state index contributed by atoms with van der Waals surface area (Å²) in [4.78, 5) is 22.9. The molecule has 190 valence electrons. The third kappa shape index (κ3) is 4.83. The molecule has 0 aliphatic heterocycles. The Balaban J connectivity index is 1.52. The molecule has 8 nitrogen and oxygen atoms in total. The molecular weight excluding hydrogens is 532 g/mol. The molecule has 1 aliphatic carbocycles. The van der Waals surface area contributed by atoms with Gasteiger partial charge in [0, 0.05) is 29.0 Å². The Morgan fingerprint density at radius 2 is 2.05 bits per heavy atom. The number of nitrogens with zero attached hydrogens (tertiary/aromatic N) is 4. The lowest BCUT2D eigenvalue weighted by molar-refractivity contribution is 0.102. The number of aryl methyl sites for hydroxylation is 4. The first-order chi connectivity index (χ1) is 17.9. The number of carbonyl (C=O) groups excluding carboxylic acids is 1. The molecule has 2 aromatic carbocycles. The van der Waals surface area contributed by atoms with Gasteiger partial charge in [-0.2, -0.15) is 5.10 Å². The van der Waals surface area contributed by atoms with E-state index in [9.17, 15) is 4.79 Å². The van der Waals surface area contributed by atoms with Crippen molar-refractivity contribution in [3.63, 3.8) is 0 Å². The number of aromatic nitrogens is 4. The lowest BCUT2D eigenvalue weighted by atomic mass is 10.0. The summed E-state index contributed by atoms with van der Waals surface area (Å²) >= 11 is 3.47. The summed E-state index contributed by atoms with van der Waals surface area (Å²) in [6.07, 6.45) is 5.14. The zero-order valence-corrected chi connectivity index (χ0v) is 22.9. The van der Waals surface area contributed by atoms with E-state index in [0.717, 1.165) is 75.2 Å². The van der Waals surface area contributed by atoms with E-state index in [2.05, 4.69) is 43.6 Å². The predicted molar refractivity (Wildman–Crippen MR) is 149 cm³/mol. The van der Waals surface area contributed by atoms with Crippen molar-refractivity contribution in [1.82, 2.24) is 19.7 Å². The van der Waals surface area contributed by atoms with E-state index >= 15 is 0 Å². The second kappa shape index (κ2) is 10.3. The standard InChI is InChI=1S/C28H29BrN6O2/c1-5-17-9-6-8-16(2)23(17)32-27(36)25-20-11-7-10-18-15-30-28(33-24(18)26(20)35(3)34-25)31-21-13-12-19(29)14-22(21)37-4/h6,8-9,12-15H,5,7,10-11H2,1-4H3,(H,32,36)(H,30,31,33). The summed E-state index contributed by atoms with van der Waals surface area (Å²) in [5.41, 5.74) is 7.80. The molecule has 9 heteroatoms. The van der Waals surface area contributed by atoms with Gasteiger partial charge < -0.3 is 15.4 Å². The minimum Gasteiger partial charge on any atom is -0.495 e. The monoisotopic (exact) mass is 560 g/mol. The summed E-state index contributed by atoms with van der Waals surface area (Å²) in [6, 6.07) is 11.8. The Hall–Kier alpha value is -3.72. The molecule has 0 fully saturated rings. The van der Waals surface area contributed by atoms with E-state index in [0.29, 0.717) is 17.4 Å². The summed E-state index contributed by atoms with van der Waals surface area (Å²) in [5, 5.41) is 11.1. The third-order valence-electron chi connectivity index (χ3n) is 6.71. The topological polar surface area (TPSA) is 94.0 Å². The van der Waals surface area contributed by atoms with E-state index in [1.165, 1.54) is 0 Å². The van der Waals surface area contributed by atoms with Crippen molar-refractivity contribution in [3.05, 3.63) is 75.0 Å². The van der Waals surface area contributed by atoms with Gasteiger partial charge in [-0.1, -0.05) is 41.1 Å². The molecule has 0 saturated heterocycles. The Labute approximate surface area is 224 Å². The highest BCUT2D eigenvalue weighted by atomic mass is 79.9. The predicted octanol–water partition coefficient (Wildman–Crippen LogP) is 6.00. The van der Waals surface area contributed by atoms with Crippen LogP contribution in [0.25, 0.3) is 11.4 Å². The molecule has 4 aromatic rings. The summed E-state index contributed by atoms with van der Waals surface area (Å²) in [6.45, 7) is 4.10. The van der Waals surface area contributed by atoms with E-state index in [1.54, 1.807) is 11.8 Å². The molecule has 1 amide bonds. The van der Waals surface area contributed by atoms with Crippen LogP contribution in [0.4, 0.5) is 17.3 Å². The summed E-state index contributed by atoms with van der Waals surface area (Å²) < 4.78 is 8.19. The highest BCUT2D eigenvalue weighted by Crippen LogP contribution is 2.35. The summed E-state index contributed by atoms with van der Waals surface area (Å²) in [7, 11) is 3.49. The van der Waals surface area contributed by atoms with E-state index < -0.39 is 0 Å². The fraction of sp³-hybridized carbons (Fsp3) is 0.286. The number of halogens is 1. The quantitative estimate of drug-likeness (QED) is 0.300. The molecule has 0 saturated carbocycles. The number of nitrogens with one attached hydrogen (secondary N) is 2. The van der Waals surface area contributed by atoms with Gasteiger partial charge in [0.15, 0.2) is 5.69 Å². The Bertz CT molecular complexity index is 1500. The molecule has 0 radical (unpaired) electrons. The Kier molecular flexibility index (Phi) is 6.97. The van der Waals surface area contributed by atoms with Crippen LogP contribution in [0.5, 0.6) is 5.75 Å². The van der Waals surface area contributed by atoms with Crippen molar-refractivity contribution in [2.24, 2.45) is 7.05 Å². The van der Waals surface area contributed by atoms with Gasteiger partial charge in [-0.3, -0.25) is 9.48 Å². The SMILES string of the molecule is CCc1cccc(C)c1NC(=O)c1nn(C)c2c1CCCc1cnc(Nc3ccc(Br)cc3OC)nc1-2. The Morgan fingerprint density at radius 1 is 1.22 bits per heavy atom. The normalized spacial score (nSPS) is 12.4. The highest BCUT2D eigenvalue weighted by molar-refractivity contribution is 9.10. The molecule has 5 rings (SSSR count). The van der Waals surface area contributed by atoms with Crippen LogP contribution < -0.4 is 15.4 Å². The van der Waals surface area contributed by atoms with Gasteiger partial charge in [-0.25, -0.2) is 9.97 Å². The molecule has 0 bridgehead atoms. The maximum atomic E-state index is 13.5. The first-order valence-electron chi connectivity index (χ1n) is 12.3. The highest BCUT2D eigenvalue weighted by Gasteiger charge is 2.28. The first-order valence-corrected chi connectivity index (χ1v) is 13.1. The average Bonchev–Trinajstić information content (AvgIpc) is 3.10. The van der Waals surface area contributed by atoms with E-state index in [4.69, 9.17) is 9.72 Å². The number of carbonyl (C=O) groups is 1.